The first-order valence-electron chi connectivity index (χ1n) is 15.0. The fourth-order valence-electron chi connectivity index (χ4n) is 4.79. The summed E-state index contributed by atoms with van der Waals surface area (Å²) in [5.74, 6) is 1.05. The van der Waals surface area contributed by atoms with Crippen LogP contribution in [0.15, 0.2) is 61.2 Å². The van der Waals surface area contributed by atoms with Crippen LogP contribution in [0.3, 0.4) is 0 Å². The van der Waals surface area contributed by atoms with Crippen LogP contribution in [0.5, 0.6) is 23.0 Å². The molecule has 9 heteroatoms. The monoisotopic (exact) mass is 587 g/mol. The molecule has 0 aliphatic rings. The van der Waals surface area contributed by atoms with E-state index in [0.29, 0.717) is 18.9 Å². The third-order valence-electron chi connectivity index (χ3n) is 6.92. The van der Waals surface area contributed by atoms with Crippen LogP contribution in [0.2, 0.25) is 0 Å². The summed E-state index contributed by atoms with van der Waals surface area (Å²) in [6.45, 7) is 3.39. The zero-order valence-corrected chi connectivity index (χ0v) is 25.9. The van der Waals surface area contributed by atoms with Crippen LogP contribution in [0.25, 0.3) is 0 Å². The maximum Gasteiger partial charge on any atom is 0.585 e. The van der Waals surface area contributed by atoms with Gasteiger partial charge in [0.25, 0.3) is 0 Å². The summed E-state index contributed by atoms with van der Waals surface area (Å²) in [5, 5.41) is 0. The summed E-state index contributed by atoms with van der Waals surface area (Å²) in [4.78, 5) is 10.5. The van der Waals surface area contributed by atoms with Gasteiger partial charge in [-0.2, -0.15) is 0 Å². The van der Waals surface area contributed by atoms with E-state index in [-0.39, 0.29) is 17.2 Å². The number of methoxy groups -OCH3 is 1. The van der Waals surface area contributed by atoms with Crippen LogP contribution >= 0.6 is 7.82 Å². The van der Waals surface area contributed by atoms with E-state index in [1.807, 2.05) is 41.0 Å². The number of phosphoric ester groups is 1. The van der Waals surface area contributed by atoms with Gasteiger partial charge in [0.05, 0.1) is 20.8 Å². The van der Waals surface area contributed by atoms with Gasteiger partial charge in [-0.05, 0) is 36.2 Å². The van der Waals surface area contributed by atoms with Gasteiger partial charge in [0.2, 0.25) is 12.1 Å². The molecule has 2 aromatic carbocycles. The molecule has 226 valence electrons. The van der Waals surface area contributed by atoms with Crippen molar-refractivity contribution in [3.05, 3.63) is 66.7 Å². The van der Waals surface area contributed by atoms with Gasteiger partial charge in [0.1, 0.15) is 24.7 Å². The van der Waals surface area contributed by atoms with Crippen molar-refractivity contribution in [3.8, 4) is 23.0 Å². The number of aryl methyl sites for hydroxylation is 1. The molecule has 41 heavy (non-hydrogen) atoms. The van der Waals surface area contributed by atoms with Crippen molar-refractivity contribution in [1.29, 1.82) is 0 Å². The molecule has 0 saturated heterocycles. The molecule has 0 amide bonds. The number of unbranched alkanes of at least 4 members (excludes halogenated alkanes) is 11. The summed E-state index contributed by atoms with van der Waals surface area (Å²) in [6, 6.07) is 12.1. The number of benzene rings is 2. The predicted octanol–water partition coefficient (Wildman–Crippen LogP) is 8.01. The Labute approximate surface area is 245 Å². The van der Waals surface area contributed by atoms with E-state index in [0.717, 1.165) is 18.4 Å². The highest BCUT2D eigenvalue weighted by atomic mass is 31.2. The van der Waals surface area contributed by atoms with Crippen molar-refractivity contribution < 1.29 is 32.5 Å². The van der Waals surface area contributed by atoms with Crippen LogP contribution < -0.4 is 23.1 Å². The predicted molar refractivity (Wildman–Crippen MR) is 162 cm³/mol. The molecule has 8 nitrogen and oxygen atoms in total. The SMILES string of the molecule is CCCCCCCCCCCCCCOc1cccc(OP(=O)(O)Oc2cccc(Cn3cc[n+](C)c3)c2)c1OC. The number of nitrogens with zero attached hydrogens (tertiary/aromatic N) is 2. The minimum Gasteiger partial charge on any atom is -0.490 e. The number of imidazole rings is 1. The zero-order valence-electron chi connectivity index (χ0n) is 25.0. The lowest BCUT2D eigenvalue weighted by molar-refractivity contribution is -0.671. The second kappa shape index (κ2) is 17.8. The number of para-hydroxylation sites is 1. The molecule has 0 radical (unpaired) electrons. The van der Waals surface area contributed by atoms with Crippen molar-refractivity contribution in [2.24, 2.45) is 7.05 Å². The van der Waals surface area contributed by atoms with E-state index < -0.39 is 7.82 Å². The van der Waals surface area contributed by atoms with Crippen molar-refractivity contribution in [2.75, 3.05) is 13.7 Å². The summed E-state index contributed by atoms with van der Waals surface area (Å²) in [6.07, 6.45) is 21.2. The second-order valence-electron chi connectivity index (χ2n) is 10.6. The normalized spacial score (nSPS) is 12.6. The minimum absolute atomic E-state index is 0.0847. The smallest absolute Gasteiger partial charge is 0.490 e. The molecule has 0 saturated carbocycles. The first-order chi connectivity index (χ1) is 19.9. The summed E-state index contributed by atoms with van der Waals surface area (Å²) < 4.78 is 39.1. The highest BCUT2D eigenvalue weighted by Crippen LogP contribution is 2.49. The fraction of sp³-hybridized carbons (Fsp3) is 0.531. The van der Waals surface area contributed by atoms with Gasteiger partial charge in [-0.15, -0.1) is 0 Å². The zero-order chi connectivity index (χ0) is 29.3. The molecule has 1 unspecified atom stereocenters. The van der Waals surface area contributed by atoms with Gasteiger partial charge < -0.3 is 18.5 Å². The molecule has 1 atom stereocenters. The van der Waals surface area contributed by atoms with E-state index in [4.69, 9.17) is 18.5 Å². The molecule has 1 heterocycles. The average molecular weight is 588 g/mol. The third-order valence-corrected chi connectivity index (χ3v) is 7.79. The molecule has 1 aromatic heterocycles. The van der Waals surface area contributed by atoms with Crippen LogP contribution in [0, 0.1) is 0 Å². The number of phosphoric acid groups is 1. The highest BCUT2D eigenvalue weighted by molar-refractivity contribution is 7.48. The summed E-state index contributed by atoms with van der Waals surface area (Å²) >= 11 is 0. The Kier molecular flexibility index (Phi) is 14.1. The van der Waals surface area contributed by atoms with Crippen molar-refractivity contribution in [3.63, 3.8) is 0 Å². The van der Waals surface area contributed by atoms with Crippen LogP contribution in [0.1, 0.15) is 89.5 Å². The van der Waals surface area contributed by atoms with Crippen LogP contribution in [0.4, 0.5) is 0 Å². The highest BCUT2D eigenvalue weighted by Gasteiger charge is 2.28. The minimum atomic E-state index is -4.50. The van der Waals surface area contributed by atoms with Crippen LogP contribution in [-0.4, -0.2) is 23.2 Å². The van der Waals surface area contributed by atoms with E-state index in [2.05, 4.69) is 6.92 Å². The van der Waals surface area contributed by atoms with Crippen molar-refractivity contribution in [2.45, 2.75) is 90.5 Å². The van der Waals surface area contributed by atoms with Crippen LogP contribution in [-0.2, 0) is 18.2 Å². The molecule has 0 spiro atoms. The largest absolute Gasteiger partial charge is 0.585 e. The molecule has 0 aliphatic carbocycles. The average Bonchev–Trinajstić information content (AvgIpc) is 3.35. The maximum absolute atomic E-state index is 12.9. The Balaban J connectivity index is 1.42. The molecular formula is C32H48N2O6P+. The van der Waals surface area contributed by atoms with E-state index in [9.17, 15) is 9.46 Å². The molecule has 0 fully saturated rings. The molecule has 0 bridgehead atoms. The van der Waals surface area contributed by atoms with Gasteiger partial charge in [0.15, 0.2) is 11.5 Å². The Hall–Kier alpha value is -2.96. The van der Waals surface area contributed by atoms with Gasteiger partial charge in [0, 0.05) is 0 Å². The molecule has 0 aliphatic heterocycles. The number of hydrogen-bond donors (Lipinski definition) is 1. The Morgan fingerprint density at radius 3 is 2.12 bits per heavy atom. The Morgan fingerprint density at radius 1 is 0.854 bits per heavy atom. The number of rotatable bonds is 21. The first kappa shape index (κ1) is 32.6. The van der Waals surface area contributed by atoms with Gasteiger partial charge in [-0.1, -0.05) is 95.8 Å². The van der Waals surface area contributed by atoms with E-state index in [1.54, 1.807) is 36.4 Å². The lowest BCUT2D eigenvalue weighted by Gasteiger charge is -2.18. The second-order valence-corrected chi connectivity index (χ2v) is 11.9. The Bertz CT molecular complexity index is 1210. The fourth-order valence-corrected chi connectivity index (χ4v) is 5.60. The Morgan fingerprint density at radius 2 is 1.49 bits per heavy atom. The molecule has 3 aromatic rings. The maximum atomic E-state index is 12.9. The van der Waals surface area contributed by atoms with Gasteiger partial charge in [-0.3, -0.25) is 4.89 Å². The number of aromatic nitrogens is 2. The van der Waals surface area contributed by atoms with Crippen molar-refractivity contribution >= 4 is 7.82 Å². The van der Waals surface area contributed by atoms with E-state index >= 15 is 0 Å². The standard InChI is InChI=1S/C32H47N2O6P/c1-4-5-6-7-8-9-10-11-12-13-14-15-24-38-30-20-17-21-31(32(30)37-3)40-41(35,36)39-29-19-16-18-28(25-29)26-34-23-22-33(2)27-34/h16-23,25,27H,4-15,24,26H2,1-3H3/p+1. The van der Waals surface area contributed by atoms with E-state index in [1.165, 1.54) is 71.3 Å². The molecule has 1 N–H and O–H groups in total. The lowest BCUT2D eigenvalue weighted by atomic mass is 10.1. The first-order valence-corrected chi connectivity index (χ1v) is 16.5. The van der Waals surface area contributed by atoms with Gasteiger partial charge >= 0.3 is 7.82 Å². The quantitative estimate of drug-likeness (QED) is 0.0772. The summed E-state index contributed by atoms with van der Waals surface area (Å²) in [5.41, 5.74) is 0.921. The molecular weight excluding hydrogens is 539 g/mol. The van der Waals surface area contributed by atoms with Crippen molar-refractivity contribution in [1.82, 2.24) is 4.57 Å². The molecule has 3 rings (SSSR count). The van der Waals surface area contributed by atoms with Gasteiger partial charge in [-0.25, -0.2) is 13.7 Å². The summed E-state index contributed by atoms with van der Waals surface area (Å²) in [7, 11) is -1.07. The lowest BCUT2D eigenvalue weighted by Crippen LogP contribution is -2.23. The number of ether oxygens (including phenoxy) is 2. The topological polar surface area (TPSA) is 83.0 Å². The third kappa shape index (κ3) is 12.2. The number of hydrogen-bond acceptors (Lipinski definition) is 5.